The lowest BCUT2D eigenvalue weighted by Gasteiger charge is -2.16. The molecule has 10 heteroatoms. The first-order valence-corrected chi connectivity index (χ1v) is 9.35. The van der Waals surface area contributed by atoms with E-state index in [2.05, 4.69) is 5.32 Å². The van der Waals surface area contributed by atoms with E-state index < -0.39 is 39.2 Å². The first-order chi connectivity index (χ1) is 12.7. The Morgan fingerprint density at radius 1 is 1.07 bits per heavy atom. The molecule has 0 bridgehead atoms. The van der Waals surface area contributed by atoms with Gasteiger partial charge in [-0.3, -0.25) is 9.69 Å². The van der Waals surface area contributed by atoms with E-state index >= 15 is 0 Å². The van der Waals surface area contributed by atoms with Crippen molar-refractivity contribution < 1.29 is 30.6 Å². The van der Waals surface area contributed by atoms with Gasteiger partial charge < -0.3 is 9.50 Å². The van der Waals surface area contributed by atoms with Crippen molar-refractivity contribution in [2.24, 2.45) is 0 Å². The van der Waals surface area contributed by atoms with Crippen LogP contribution in [0.15, 0.2) is 42.5 Å². The fraction of sp³-hybridized carbons (Fsp3) is 0.235. The minimum Gasteiger partial charge on any atom is -0.382 e. The second-order valence-corrected chi connectivity index (χ2v) is 7.36. The van der Waals surface area contributed by atoms with E-state index in [1.807, 2.05) is 0 Å². The Morgan fingerprint density at radius 3 is 2.41 bits per heavy atom. The number of nitrogens with zero attached hydrogens (tertiary/aromatic N) is 1. The number of hydrogen-bond donors (Lipinski definition) is 1. The largest absolute Gasteiger partial charge is 0.382 e. The number of hydrogen-bond acceptors (Lipinski definition) is 5. The molecule has 0 saturated heterocycles. The van der Waals surface area contributed by atoms with Crippen molar-refractivity contribution in [2.45, 2.75) is 0 Å². The number of amides is 1. The third-order valence-corrected chi connectivity index (χ3v) is 4.54. The lowest BCUT2D eigenvalue weighted by atomic mass is 10.2. The number of carbonyl (C=O) groups is 1. The Hall–Kier alpha value is -2.59. The molecule has 27 heavy (non-hydrogen) atoms. The third kappa shape index (κ3) is 6.26. The lowest BCUT2D eigenvalue weighted by molar-refractivity contribution is -0.117. The Labute approximate surface area is 154 Å². The van der Waals surface area contributed by atoms with E-state index in [0.29, 0.717) is 6.07 Å². The van der Waals surface area contributed by atoms with Crippen LogP contribution in [0.25, 0.3) is 0 Å². The van der Waals surface area contributed by atoms with Gasteiger partial charge in [0.15, 0.2) is 17.5 Å². The molecule has 2 aromatic carbocycles. The minimum absolute atomic E-state index is 0.0388. The molecule has 1 N–H and O–H groups in total. The summed E-state index contributed by atoms with van der Waals surface area (Å²) in [5.74, 6) is -5.50. The van der Waals surface area contributed by atoms with Crippen molar-refractivity contribution in [1.29, 1.82) is 0 Å². The van der Waals surface area contributed by atoms with E-state index in [0.717, 1.165) is 6.07 Å². The van der Waals surface area contributed by atoms with Crippen LogP contribution in [0.1, 0.15) is 0 Å². The molecule has 0 radical (unpaired) electrons. The maximum atomic E-state index is 13.5. The molecule has 0 saturated carbocycles. The van der Waals surface area contributed by atoms with Crippen LogP contribution >= 0.6 is 0 Å². The van der Waals surface area contributed by atoms with Gasteiger partial charge in [0.25, 0.3) is 0 Å². The average Bonchev–Trinajstić information content (AvgIpc) is 2.61. The molecule has 0 aliphatic rings. The van der Waals surface area contributed by atoms with Crippen LogP contribution in [0.3, 0.4) is 0 Å². The topological polar surface area (TPSA) is 75.7 Å². The molecule has 0 spiro atoms. The molecule has 0 aliphatic carbocycles. The molecule has 2 rings (SSSR count). The van der Waals surface area contributed by atoms with Gasteiger partial charge in [0.05, 0.1) is 18.0 Å². The lowest BCUT2D eigenvalue weighted by Crippen LogP contribution is -2.34. The van der Waals surface area contributed by atoms with Crippen LogP contribution < -0.4 is 9.50 Å². The second kappa shape index (κ2) is 8.87. The molecule has 0 aromatic heterocycles. The minimum atomic E-state index is -3.87. The molecule has 1 amide bonds. The number of nitrogens with one attached hydrogen (secondary N) is 1. The molecule has 0 unspecified atom stereocenters. The first kappa shape index (κ1) is 20.7. The molecule has 0 atom stereocenters. The molecular formula is C17H17F3N2O4S. The monoisotopic (exact) mass is 402 g/mol. The van der Waals surface area contributed by atoms with Crippen LogP contribution in [-0.2, 0) is 14.9 Å². The number of rotatable bonds is 8. The summed E-state index contributed by atoms with van der Waals surface area (Å²) in [4.78, 5) is 13.2. The van der Waals surface area contributed by atoms with Crippen LogP contribution in [0.2, 0.25) is 0 Å². The Morgan fingerprint density at radius 2 is 1.74 bits per heavy atom. The highest BCUT2D eigenvalue weighted by Crippen LogP contribution is 2.19. The highest BCUT2D eigenvalue weighted by molar-refractivity contribution is 7.87. The molecule has 2 aromatic rings. The van der Waals surface area contributed by atoms with Crippen molar-refractivity contribution >= 4 is 21.7 Å². The summed E-state index contributed by atoms with van der Waals surface area (Å²) in [7, 11) is -2.39. The molecular weight excluding hydrogens is 385 g/mol. The average molecular weight is 402 g/mol. The SMILES string of the molecule is CN(CCS(=O)(=O)Oc1ccccc1)CC(=O)Nc1ccc(F)c(F)c1F. The number of carbonyl (C=O) groups excluding carboxylic acids is 1. The predicted octanol–water partition coefficient (Wildman–Crippen LogP) is 2.38. The quantitative estimate of drug-likeness (QED) is 0.542. The molecule has 146 valence electrons. The molecule has 6 nitrogen and oxygen atoms in total. The van der Waals surface area contributed by atoms with Crippen LogP contribution in [-0.4, -0.2) is 45.1 Å². The second-order valence-electron chi connectivity index (χ2n) is 5.67. The molecule has 0 fully saturated rings. The summed E-state index contributed by atoms with van der Waals surface area (Å²) < 4.78 is 68.3. The summed E-state index contributed by atoms with van der Waals surface area (Å²) in [5.41, 5.74) is -0.507. The number of para-hydroxylation sites is 1. The standard InChI is InChI=1S/C17H17F3N2O4S/c1-22(9-10-27(24,25)26-12-5-3-2-4-6-12)11-15(23)21-14-8-7-13(18)16(19)17(14)20/h2-8H,9-11H2,1H3,(H,21,23). The van der Waals surface area contributed by atoms with Gasteiger partial charge in [0.2, 0.25) is 5.91 Å². The van der Waals surface area contributed by atoms with Gasteiger partial charge in [-0.05, 0) is 31.3 Å². The zero-order valence-corrected chi connectivity index (χ0v) is 15.1. The van der Waals surface area contributed by atoms with Gasteiger partial charge in [-0.15, -0.1) is 0 Å². The zero-order chi connectivity index (χ0) is 20.0. The predicted molar refractivity (Wildman–Crippen MR) is 93.3 cm³/mol. The third-order valence-electron chi connectivity index (χ3n) is 3.41. The van der Waals surface area contributed by atoms with Crippen LogP contribution in [0.4, 0.5) is 18.9 Å². The van der Waals surface area contributed by atoms with Crippen LogP contribution in [0, 0.1) is 17.5 Å². The summed E-state index contributed by atoms with van der Waals surface area (Å²) in [6.07, 6.45) is 0. The number of likely N-dealkylation sites (N-methyl/N-ethyl adjacent to an activating group) is 1. The fourth-order valence-corrected chi connectivity index (χ4v) is 3.09. The zero-order valence-electron chi connectivity index (χ0n) is 14.3. The summed E-state index contributed by atoms with van der Waals surface area (Å²) in [6, 6.07) is 9.52. The molecule has 0 heterocycles. The fourth-order valence-electron chi connectivity index (χ4n) is 2.07. The highest BCUT2D eigenvalue weighted by Gasteiger charge is 2.18. The first-order valence-electron chi connectivity index (χ1n) is 7.77. The van der Waals surface area contributed by atoms with E-state index in [1.54, 1.807) is 18.2 Å². The van der Waals surface area contributed by atoms with Gasteiger partial charge in [-0.2, -0.15) is 8.42 Å². The van der Waals surface area contributed by atoms with E-state index in [1.165, 1.54) is 24.1 Å². The van der Waals surface area contributed by atoms with Gasteiger partial charge in [-0.25, -0.2) is 13.2 Å². The maximum Gasteiger partial charge on any atom is 0.310 e. The van der Waals surface area contributed by atoms with Gasteiger partial charge in [-0.1, -0.05) is 18.2 Å². The summed E-state index contributed by atoms with van der Waals surface area (Å²) >= 11 is 0. The van der Waals surface area contributed by atoms with Crippen molar-refractivity contribution in [3.05, 3.63) is 59.9 Å². The smallest absolute Gasteiger partial charge is 0.310 e. The number of anilines is 1. The van der Waals surface area contributed by atoms with Crippen molar-refractivity contribution in [3.63, 3.8) is 0 Å². The van der Waals surface area contributed by atoms with E-state index in [-0.39, 0.29) is 24.6 Å². The van der Waals surface area contributed by atoms with Crippen molar-refractivity contribution in [1.82, 2.24) is 4.90 Å². The number of benzene rings is 2. The Balaban J connectivity index is 1.85. The summed E-state index contributed by atoms with van der Waals surface area (Å²) in [5, 5.41) is 2.10. The van der Waals surface area contributed by atoms with Gasteiger partial charge in [0.1, 0.15) is 5.75 Å². The normalized spacial score (nSPS) is 11.4. The van der Waals surface area contributed by atoms with Crippen molar-refractivity contribution in [3.8, 4) is 5.75 Å². The van der Waals surface area contributed by atoms with E-state index in [9.17, 15) is 26.4 Å². The van der Waals surface area contributed by atoms with Gasteiger partial charge >= 0.3 is 10.1 Å². The Kier molecular flexibility index (Phi) is 6.81. The van der Waals surface area contributed by atoms with Gasteiger partial charge in [0, 0.05) is 6.54 Å². The number of halogens is 3. The van der Waals surface area contributed by atoms with Crippen molar-refractivity contribution in [2.75, 3.05) is 31.2 Å². The summed E-state index contributed by atoms with van der Waals surface area (Å²) in [6.45, 7) is -0.331. The van der Waals surface area contributed by atoms with Crippen LogP contribution in [0.5, 0.6) is 5.75 Å². The van der Waals surface area contributed by atoms with E-state index in [4.69, 9.17) is 4.18 Å². The maximum absolute atomic E-state index is 13.5. The highest BCUT2D eigenvalue weighted by atomic mass is 32.2. The molecule has 0 aliphatic heterocycles. The Bertz CT molecular complexity index is 908.